The van der Waals surface area contributed by atoms with Gasteiger partial charge >= 0.3 is 5.97 Å². The summed E-state index contributed by atoms with van der Waals surface area (Å²) in [6.45, 7) is 2.07. The molecule has 2 N–H and O–H groups in total. The largest absolute Gasteiger partial charge is 0.481 e. The summed E-state index contributed by atoms with van der Waals surface area (Å²) in [5.74, 6) is -0.289. The number of nitrogens with zero attached hydrogens (tertiary/aromatic N) is 3. The second-order valence-corrected chi connectivity index (χ2v) is 8.71. The molecule has 9 heteroatoms. The van der Waals surface area contributed by atoms with Gasteiger partial charge in [0.05, 0.1) is 16.5 Å². The molecule has 7 nitrogen and oxygen atoms in total. The van der Waals surface area contributed by atoms with Crippen molar-refractivity contribution >= 4 is 45.8 Å². The molecule has 1 aromatic carbocycles. The summed E-state index contributed by atoms with van der Waals surface area (Å²) >= 11 is 2.80. The van der Waals surface area contributed by atoms with Crippen molar-refractivity contribution in [1.82, 2.24) is 19.7 Å². The summed E-state index contributed by atoms with van der Waals surface area (Å²) in [5.41, 5.74) is 1.55. The number of para-hydroxylation sites is 1. The number of Topliss-reactive ketones (excluding diaryl/α,β-unsaturated/α-hetero) is 1. The summed E-state index contributed by atoms with van der Waals surface area (Å²) in [4.78, 5) is 28.2. The maximum absolute atomic E-state index is 13.0. The van der Waals surface area contributed by atoms with E-state index in [9.17, 15) is 9.59 Å². The van der Waals surface area contributed by atoms with E-state index in [1.165, 1.54) is 23.1 Å². The van der Waals surface area contributed by atoms with Crippen LogP contribution in [-0.2, 0) is 11.3 Å². The second kappa shape index (κ2) is 8.22. The lowest BCUT2D eigenvalue weighted by atomic mass is 10.1. The minimum absolute atomic E-state index is 0.0158. The highest BCUT2D eigenvalue weighted by molar-refractivity contribution is 8.00. The normalized spacial score (nSPS) is 12.3. The number of nitrogens with one attached hydrogen (secondary N) is 1. The van der Waals surface area contributed by atoms with Gasteiger partial charge in [0.25, 0.3) is 0 Å². The van der Waals surface area contributed by atoms with Crippen LogP contribution in [0.1, 0.15) is 23.7 Å². The molecule has 0 aliphatic rings. The van der Waals surface area contributed by atoms with E-state index < -0.39 is 11.2 Å². The molecule has 3 aromatic heterocycles. The number of rotatable bonds is 8. The Balaban J connectivity index is 1.61. The van der Waals surface area contributed by atoms with E-state index >= 15 is 0 Å². The molecule has 29 heavy (non-hydrogen) atoms. The Kier molecular flexibility index (Phi) is 5.50. The number of thioether (sulfide) groups is 1. The molecule has 0 radical (unpaired) electrons. The predicted molar refractivity (Wildman–Crippen MR) is 114 cm³/mol. The van der Waals surface area contributed by atoms with Crippen LogP contribution >= 0.6 is 23.1 Å². The zero-order chi connectivity index (χ0) is 20.4. The fourth-order valence-corrected chi connectivity index (χ4v) is 4.74. The predicted octanol–water partition coefficient (Wildman–Crippen LogP) is 4.33. The highest BCUT2D eigenvalue weighted by Gasteiger charge is 2.24. The van der Waals surface area contributed by atoms with E-state index in [2.05, 4.69) is 15.2 Å². The quantitative estimate of drug-likeness (QED) is 0.321. The van der Waals surface area contributed by atoms with Crippen LogP contribution in [0.4, 0.5) is 0 Å². The minimum Gasteiger partial charge on any atom is -0.481 e. The number of carbonyl (C=O) groups is 2. The zero-order valence-corrected chi connectivity index (χ0v) is 17.2. The van der Waals surface area contributed by atoms with Crippen molar-refractivity contribution in [2.75, 3.05) is 0 Å². The van der Waals surface area contributed by atoms with Gasteiger partial charge in [-0.25, -0.2) is 0 Å². The summed E-state index contributed by atoms with van der Waals surface area (Å²) in [5, 5.41) is 20.6. The van der Waals surface area contributed by atoms with Gasteiger partial charge in [-0.15, -0.1) is 21.5 Å². The van der Waals surface area contributed by atoms with Gasteiger partial charge in [-0.05, 0) is 24.4 Å². The van der Waals surface area contributed by atoms with Crippen LogP contribution in [0.2, 0.25) is 0 Å². The van der Waals surface area contributed by atoms with Gasteiger partial charge in [0.15, 0.2) is 16.8 Å². The average Bonchev–Trinajstić information content (AvgIpc) is 3.45. The van der Waals surface area contributed by atoms with E-state index in [0.717, 1.165) is 15.8 Å². The summed E-state index contributed by atoms with van der Waals surface area (Å²) in [6, 6.07) is 11.5. The second-order valence-electron chi connectivity index (χ2n) is 6.45. The third-order valence-electron chi connectivity index (χ3n) is 4.51. The number of aliphatic carboxylic acids is 1. The molecular formula is C20H18N4O3S2. The number of carbonyl (C=O) groups excluding carboxylic acids is 1. The van der Waals surface area contributed by atoms with Crippen LogP contribution < -0.4 is 0 Å². The van der Waals surface area contributed by atoms with Crippen LogP contribution in [0, 0.1) is 0 Å². The molecular weight excluding hydrogens is 408 g/mol. The molecule has 4 rings (SSSR count). The fraction of sp³-hybridized carbons (Fsp3) is 0.200. The molecule has 0 unspecified atom stereocenters. The van der Waals surface area contributed by atoms with E-state index in [1.54, 1.807) is 10.8 Å². The monoisotopic (exact) mass is 426 g/mol. The van der Waals surface area contributed by atoms with Crippen LogP contribution in [0.15, 0.2) is 53.1 Å². The van der Waals surface area contributed by atoms with Gasteiger partial charge in [-0.3, -0.25) is 9.59 Å². The van der Waals surface area contributed by atoms with Crippen molar-refractivity contribution in [1.29, 1.82) is 0 Å². The molecule has 0 bridgehead atoms. The first-order chi connectivity index (χ1) is 14.0. The smallest absolute Gasteiger partial charge is 0.305 e. The average molecular weight is 427 g/mol. The molecule has 0 spiro atoms. The van der Waals surface area contributed by atoms with Crippen LogP contribution in [-0.4, -0.2) is 41.9 Å². The number of hydrogen-bond acceptors (Lipinski definition) is 6. The molecule has 4 aromatic rings. The van der Waals surface area contributed by atoms with Crippen molar-refractivity contribution in [3.63, 3.8) is 0 Å². The summed E-state index contributed by atoms with van der Waals surface area (Å²) < 4.78 is 1.78. The highest BCUT2D eigenvalue weighted by Crippen LogP contribution is 2.31. The molecule has 0 aliphatic heterocycles. The van der Waals surface area contributed by atoms with E-state index in [0.29, 0.717) is 16.5 Å². The number of thiophene rings is 1. The number of fused-ring (bicyclic) bond motifs is 1. The Morgan fingerprint density at radius 1 is 1.24 bits per heavy atom. The van der Waals surface area contributed by atoms with Gasteiger partial charge in [0.1, 0.15) is 0 Å². The summed E-state index contributed by atoms with van der Waals surface area (Å²) in [6.07, 6.45) is 1.69. The van der Waals surface area contributed by atoms with Gasteiger partial charge < -0.3 is 14.7 Å². The third kappa shape index (κ3) is 3.96. The minimum atomic E-state index is -0.894. The van der Waals surface area contributed by atoms with Crippen molar-refractivity contribution in [2.45, 2.75) is 30.3 Å². The molecule has 0 amide bonds. The molecule has 0 aliphatic carbocycles. The van der Waals surface area contributed by atoms with Gasteiger partial charge in [-0.2, -0.15) is 0 Å². The summed E-state index contributed by atoms with van der Waals surface area (Å²) in [7, 11) is 0. The Bertz CT molecular complexity index is 1160. The third-order valence-corrected chi connectivity index (χ3v) is 6.46. The molecule has 3 heterocycles. The zero-order valence-electron chi connectivity index (χ0n) is 15.5. The SMILES string of the molecule is C[C@@H](Sc1nnc(-c2cccs2)n1CCC(=O)O)C(=O)c1c[nH]c2ccccc12. The lowest BCUT2D eigenvalue weighted by Gasteiger charge is -2.12. The number of ketones is 1. The van der Waals surface area contributed by atoms with Gasteiger partial charge in [0.2, 0.25) is 0 Å². The number of carboxylic acids is 1. The van der Waals surface area contributed by atoms with E-state index in [1.807, 2.05) is 48.7 Å². The molecule has 0 saturated heterocycles. The molecule has 148 valence electrons. The Morgan fingerprint density at radius 2 is 2.07 bits per heavy atom. The topological polar surface area (TPSA) is 101 Å². The number of hydrogen-bond donors (Lipinski definition) is 2. The van der Waals surface area contributed by atoms with Crippen molar-refractivity contribution in [3.8, 4) is 10.7 Å². The van der Waals surface area contributed by atoms with Gasteiger partial charge in [0, 0.05) is 29.2 Å². The van der Waals surface area contributed by atoms with Gasteiger partial charge in [-0.1, -0.05) is 36.0 Å². The fourth-order valence-electron chi connectivity index (χ4n) is 3.08. The van der Waals surface area contributed by atoms with Crippen molar-refractivity contribution < 1.29 is 14.7 Å². The number of carboxylic acid groups (broad SMARTS) is 1. The number of aromatic nitrogens is 4. The highest BCUT2D eigenvalue weighted by atomic mass is 32.2. The first-order valence-corrected chi connectivity index (χ1v) is 10.8. The van der Waals surface area contributed by atoms with Crippen LogP contribution in [0.3, 0.4) is 0 Å². The maximum atomic E-state index is 13.0. The van der Waals surface area contributed by atoms with Crippen molar-refractivity contribution in [2.24, 2.45) is 0 Å². The number of H-pyrrole nitrogens is 1. The van der Waals surface area contributed by atoms with Crippen molar-refractivity contribution in [3.05, 3.63) is 53.5 Å². The van der Waals surface area contributed by atoms with E-state index in [4.69, 9.17) is 5.11 Å². The first-order valence-electron chi connectivity index (χ1n) is 9.00. The van der Waals surface area contributed by atoms with Crippen LogP contribution in [0.25, 0.3) is 21.6 Å². The lowest BCUT2D eigenvalue weighted by molar-refractivity contribution is -0.137. The maximum Gasteiger partial charge on any atom is 0.305 e. The molecule has 1 atom stereocenters. The molecule has 0 saturated carbocycles. The molecule has 0 fully saturated rings. The lowest BCUT2D eigenvalue weighted by Crippen LogP contribution is -2.15. The number of benzene rings is 1. The first kappa shape index (κ1) is 19.4. The Hall–Kier alpha value is -2.91. The standard InChI is InChI=1S/C20H18N4O3S2/c1-12(18(27)14-11-21-15-6-3-2-5-13(14)15)29-20-23-22-19(16-7-4-10-28-16)24(20)9-8-17(25)26/h2-7,10-12,21H,8-9H2,1H3,(H,25,26)/t12-/m1/s1. The Labute approximate surface area is 174 Å². The van der Waals surface area contributed by atoms with Crippen LogP contribution in [0.5, 0.6) is 0 Å². The number of aromatic amines is 1. The van der Waals surface area contributed by atoms with E-state index in [-0.39, 0.29) is 18.7 Å². The Morgan fingerprint density at radius 3 is 2.83 bits per heavy atom.